The second-order valence-corrected chi connectivity index (χ2v) is 6.08. The third kappa shape index (κ3) is 4.71. The summed E-state index contributed by atoms with van der Waals surface area (Å²) in [5.41, 5.74) is -0.538. The van der Waals surface area contributed by atoms with Crippen LogP contribution >= 0.6 is 0 Å². The van der Waals surface area contributed by atoms with E-state index in [1.54, 1.807) is 6.92 Å². The van der Waals surface area contributed by atoms with Gasteiger partial charge in [0.25, 0.3) is 0 Å². The smallest absolute Gasteiger partial charge is 0.481 e. The fourth-order valence-corrected chi connectivity index (χ4v) is 2.62. The highest BCUT2D eigenvalue weighted by molar-refractivity contribution is 5.87. The Labute approximate surface area is 131 Å². The van der Waals surface area contributed by atoms with E-state index in [-0.39, 0.29) is 30.3 Å². The molecule has 1 N–H and O–H groups in total. The molecule has 7 heteroatoms. The Balaban J connectivity index is 1.96. The van der Waals surface area contributed by atoms with Gasteiger partial charge in [-0.05, 0) is 43.4 Å². The predicted octanol–water partition coefficient (Wildman–Crippen LogP) is 3.59. The maximum atomic E-state index is 12.1. The fraction of sp³-hybridized carbons (Fsp3) is 0.500. The van der Waals surface area contributed by atoms with Crippen LogP contribution in [0.25, 0.3) is 0 Å². The minimum Gasteiger partial charge on any atom is -0.481 e. The van der Waals surface area contributed by atoms with Crippen molar-refractivity contribution in [3.8, 4) is 5.75 Å². The number of aliphatic carboxylic acids is 1. The highest BCUT2D eigenvalue weighted by Crippen LogP contribution is 2.48. The molecule has 126 valence electrons. The first-order valence-corrected chi connectivity index (χ1v) is 7.20. The minimum absolute atomic E-state index is 0.0120. The monoisotopic (exact) mass is 330 g/mol. The molecule has 2 rings (SSSR count). The molecule has 0 radical (unpaired) electrons. The summed E-state index contributed by atoms with van der Waals surface area (Å²) in [6, 6.07) is 5.00. The highest BCUT2D eigenvalue weighted by atomic mass is 19.4. The third-order valence-electron chi connectivity index (χ3n) is 4.09. The standard InChI is InChI=1S/C16H17F3O4/c1-15(14(21)22,11-4-5-11)9-12(20)8-10-2-6-13(7-3-10)23-16(17,18)19/h2-3,6-7,11H,4-5,8-9H2,1H3,(H,21,22). The highest BCUT2D eigenvalue weighted by Gasteiger charge is 2.48. The molecule has 1 fully saturated rings. The first kappa shape index (κ1) is 17.3. The molecule has 0 saturated heterocycles. The molecule has 1 atom stereocenters. The maximum absolute atomic E-state index is 12.1. The van der Waals surface area contributed by atoms with Crippen molar-refractivity contribution >= 4 is 11.8 Å². The number of halogens is 3. The van der Waals surface area contributed by atoms with E-state index in [9.17, 15) is 27.9 Å². The maximum Gasteiger partial charge on any atom is 0.573 e. The molecule has 1 saturated carbocycles. The Morgan fingerprint density at radius 3 is 2.22 bits per heavy atom. The summed E-state index contributed by atoms with van der Waals surface area (Å²) in [4.78, 5) is 23.5. The topological polar surface area (TPSA) is 63.6 Å². The molecule has 1 unspecified atom stereocenters. The molecule has 1 aromatic rings. The molecule has 1 aliphatic carbocycles. The molecule has 0 aromatic heterocycles. The Kier molecular flexibility index (Phi) is 4.68. The van der Waals surface area contributed by atoms with Gasteiger partial charge < -0.3 is 9.84 Å². The van der Waals surface area contributed by atoms with E-state index in [2.05, 4.69) is 4.74 Å². The lowest BCUT2D eigenvalue weighted by Gasteiger charge is -2.23. The van der Waals surface area contributed by atoms with Gasteiger partial charge in [0.05, 0.1) is 5.41 Å². The number of benzene rings is 1. The van der Waals surface area contributed by atoms with Crippen molar-refractivity contribution in [2.24, 2.45) is 11.3 Å². The zero-order valence-corrected chi connectivity index (χ0v) is 12.5. The average molecular weight is 330 g/mol. The number of carboxylic acid groups (broad SMARTS) is 1. The van der Waals surface area contributed by atoms with Crippen molar-refractivity contribution in [1.29, 1.82) is 0 Å². The summed E-state index contributed by atoms with van der Waals surface area (Å²) in [6.07, 6.45) is -3.24. The summed E-state index contributed by atoms with van der Waals surface area (Å²) < 4.78 is 39.9. The van der Waals surface area contributed by atoms with Crippen LogP contribution in [0.15, 0.2) is 24.3 Å². The molecule has 1 aliphatic rings. The van der Waals surface area contributed by atoms with Gasteiger partial charge in [-0.1, -0.05) is 12.1 Å². The van der Waals surface area contributed by atoms with Gasteiger partial charge in [-0.3, -0.25) is 9.59 Å². The van der Waals surface area contributed by atoms with Gasteiger partial charge in [-0.2, -0.15) is 0 Å². The van der Waals surface area contributed by atoms with Crippen molar-refractivity contribution in [1.82, 2.24) is 0 Å². The molecule has 0 bridgehead atoms. The molecular weight excluding hydrogens is 313 g/mol. The summed E-state index contributed by atoms with van der Waals surface area (Å²) in [5, 5.41) is 9.33. The zero-order valence-electron chi connectivity index (χ0n) is 12.5. The number of alkyl halides is 3. The summed E-state index contributed by atoms with van der Waals surface area (Å²) in [7, 11) is 0. The molecule has 0 spiro atoms. The van der Waals surface area contributed by atoms with E-state index in [4.69, 9.17) is 0 Å². The Morgan fingerprint density at radius 2 is 1.78 bits per heavy atom. The zero-order chi connectivity index (χ0) is 17.3. The Bertz CT molecular complexity index is 590. The van der Waals surface area contributed by atoms with Gasteiger partial charge in [0.15, 0.2) is 0 Å². The molecule has 0 aliphatic heterocycles. The summed E-state index contributed by atoms with van der Waals surface area (Å²) in [6.45, 7) is 1.57. The normalized spacial score (nSPS) is 17.4. The van der Waals surface area contributed by atoms with Crippen LogP contribution in [-0.4, -0.2) is 23.2 Å². The van der Waals surface area contributed by atoms with Crippen LogP contribution in [0.3, 0.4) is 0 Å². The van der Waals surface area contributed by atoms with E-state index in [0.717, 1.165) is 25.0 Å². The van der Waals surface area contributed by atoms with Crippen LogP contribution in [0.4, 0.5) is 13.2 Å². The number of hydrogen-bond acceptors (Lipinski definition) is 3. The number of carboxylic acids is 1. The quantitative estimate of drug-likeness (QED) is 0.830. The predicted molar refractivity (Wildman–Crippen MR) is 74.9 cm³/mol. The van der Waals surface area contributed by atoms with Crippen molar-refractivity contribution in [2.75, 3.05) is 0 Å². The summed E-state index contributed by atoms with van der Waals surface area (Å²) >= 11 is 0. The minimum atomic E-state index is -4.76. The van der Waals surface area contributed by atoms with Crippen LogP contribution in [0.1, 0.15) is 31.7 Å². The number of Topliss-reactive ketones (excluding diaryl/α,β-unsaturated/α-hetero) is 1. The second kappa shape index (κ2) is 6.22. The van der Waals surface area contributed by atoms with Crippen molar-refractivity contribution < 1.29 is 32.6 Å². The average Bonchev–Trinajstić information content (AvgIpc) is 3.23. The van der Waals surface area contributed by atoms with Crippen molar-refractivity contribution in [3.63, 3.8) is 0 Å². The largest absolute Gasteiger partial charge is 0.573 e. The first-order chi connectivity index (χ1) is 10.6. The number of carbonyl (C=O) groups is 2. The second-order valence-electron chi connectivity index (χ2n) is 6.08. The molecule has 4 nitrogen and oxygen atoms in total. The van der Waals surface area contributed by atoms with Gasteiger partial charge >= 0.3 is 12.3 Å². The van der Waals surface area contributed by atoms with Gasteiger partial charge in [-0.15, -0.1) is 13.2 Å². The fourth-order valence-electron chi connectivity index (χ4n) is 2.62. The Morgan fingerprint density at radius 1 is 1.22 bits per heavy atom. The van der Waals surface area contributed by atoms with E-state index in [0.29, 0.717) is 5.56 Å². The Hall–Kier alpha value is -2.05. The van der Waals surface area contributed by atoms with Crippen LogP contribution in [-0.2, 0) is 16.0 Å². The summed E-state index contributed by atoms with van der Waals surface area (Å²) in [5.74, 6) is -1.57. The van der Waals surface area contributed by atoms with E-state index in [1.165, 1.54) is 12.1 Å². The number of ether oxygens (including phenoxy) is 1. The van der Waals surface area contributed by atoms with Crippen molar-refractivity contribution in [3.05, 3.63) is 29.8 Å². The van der Waals surface area contributed by atoms with Crippen LogP contribution < -0.4 is 4.74 Å². The number of ketones is 1. The van der Waals surface area contributed by atoms with Gasteiger partial charge in [0.1, 0.15) is 11.5 Å². The van der Waals surface area contributed by atoms with Gasteiger partial charge in [0, 0.05) is 12.8 Å². The van der Waals surface area contributed by atoms with Gasteiger partial charge in [0.2, 0.25) is 0 Å². The molecule has 0 amide bonds. The van der Waals surface area contributed by atoms with E-state index >= 15 is 0 Å². The van der Waals surface area contributed by atoms with Gasteiger partial charge in [-0.25, -0.2) is 0 Å². The lowest BCUT2D eigenvalue weighted by atomic mass is 9.79. The van der Waals surface area contributed by atoms with E-state index in [1.807, 2.05) is 0 Å². The number of carbonyl (C=O) groups excluding carboxylic acids is 1. The van der Waals surface area contributed by atoms with E-state index < -0.39 is 17.7 Å². The lowest BCUT2D eigenvalue weighted by Crippen LogP contribution is -2.33. The molecule has 0 heterocycles. The lowest BCUT2D eigenvalue weighted by molar-refractivity contribution is -0.274. The molecule has 1 aromatic carbocycles. The SMILES string of the molecule is CC(CC(=O)Cc1ccc(OC(F)(F)F)cc1)(C(=O)O)C1CC1. The third-order valence-corrected chi connectivity index (χ3v) is 4.09. The first-order valence-electron chi connectivity index (χ1n) is 7.20. The van der Waals surface area contributed by atoms with Crippen LogP contribution in [0.5, 0.6) is 5.75 Å². The van der Waals surface area contributed by atoms with Crippen molar-refractivity contribution in [2.45, 2.75) is 39.0 Å². The molecular formula is C16H17F3O4. The number of hydrogen-bond donors (Lipinski definition) is 1. The molecule has 23 heavy (non-hydrogen) atoms. The van der Waals surface area contributed by atoms with Crippen LogP contribution in [0, 0.1) is 11.3 Å². The van der Waals surface area contributed by atoms with Crippen LogP contribution in [0.2, 0.25) is 0 Å². The number of rotatable bonds is 7.